The normalized spacial score (nSPS) is 15.1. The zero-order valence-corrected chi connectivity index (χ0v) is 14.8. The number of nitrogens with zero attached hydrogens (tertiary/aromatic N) is 4. The molecular weight excluding hydrogens is 352 g/mol. The molecule has 1 aliphatic rings. The predicted molar refractivity (Wildman–Crippen MR) is 100 cm³/mol. The molecule has 1 atom stereocenters. The van der Waals surface area contributed by atoms with Gasteiger partial charge in [0.1, 0.15) is 29.3 Å². The van der Waals surface area contributed by atoms with Crippen LogP contribution < -0.4 is 22.1 Å². The minimum atomic E-state index is -0.571. The van der Waals surface area contributed by atoms with Crippen molar-refractivity contribution in [3.8, 4) is 12.3 Å². The van der Waals surface area contributed by atoms with E-state index in [1.807, 2.05) is 38.2 Å². The average molecular weight is 367 g/mol. The van der Waals surface area contributed by atoms with Crippen molar-refractivity contribution in [2.45, 2.75) is 19.9 Å². The van der Waals surface area contributed by atoms with E-state index in [2.05, 4.69) is 20.6 Å². The number of halogens is 1. The Morgan fingerprint density at radius 3 is 2.62 bits per heavy atom. The van der Waals surface area contributed by atoms with Crippen LogP contribution in [0, 0.1) is 36.6 Å². The summed E-state index contributed by atoms with van der Waals surface area (Å²) < 4.78 is 0. The maximum absolute atomic E-state index is 9.35. The molecule has 0 spiro atoms. The molecule has 2 heterocycles. The molecule has 0 aliphatic carbocycles. The number of aromatic nitrogens is 1. The number of fused-ring (bicyclic) bond motifs is 1. The van der Waals surface area contributed by atoms with Gasteiger partial charge in [-0.25, -0.2) is 9.98 Å². The highest BCUT2D eigenvalue weighted by molar-refractivity contribution is 6.31. The second-order valence-corrected chi connectivity index (χ2v) is 6.27. The first-order valence-electron chi connectivity index (χ1n) is 7.62. The summed E-state index contributed by atoms with van der Waals surface area (Å²) in [6, 6.07) is 5.16. The monoisotopic (exact) mass is 366 g/mol. The van der Waals surface area contributed by atoms with Gasteiger partial charge >= 0.3 is 0 Å². The lowest BCUT2D eigenvalue weighted by molar-refractivity contribution is 0.837. The molecule has 3 rings (SSSR count). The number of pyridine rings is 1. The maximum atomic E-state index is 9.35. The number of nitrogens with two attached hydrogens (primary N) is 2. The molecule has 1 aromatic heterocycles. The first-order valence-corrected chi connectivity index (χ1v) is 8.00. The van der Waals surface area contributed by atoms with Gasteiger partial charge in [-0.3, -0.25) is 5.32 Å². The number of nitrogen functional groups attached to an aromatic ring is 2. The minimum absolute atomic E-state index is 0.0113. The van der Waals surface area contributed by atoms with E-state index >= 15 is 0 Å². The van der Waals surface area contributed by atoms with Crippen molar-refractivity contribution in [3.05, 3.63) is 45.0 Å². The molecule has 0 saturated carbocycles. The van der Waals surface area contributed by atoms with E-state index in [4.69, 9.17) is 28.3 Å². The van der Waals surface area contributed by atoms with Gasteiger partial charge in [-0.2, -0.15) is 10.5 Å². The number of nitriles is 2. The van der Waals surface area contributed by atoms with E-state index in [-0.39, 0.29) is 23.0 Å². The van der Waals surface area contributed by atoms with Crippen LogP contribution in [0.3, 0.4) is 0 Å². The van der Waals surface area contributed by atoms with Gasteiger partial charge in [0.05, 0.1) is 5.69 Å². The highest BCUT2D eigenvalue weighted by Crippen LogP contribution is 2.42. The Bertz CT molecular complexity index is 1030. The van der Waals surface area contributed by atoms with E-state index in [9.17, 15) is 5.26 Å². The standard InChI is InChI=1S/C17H15ClN8/c1-7-4-11(18)8(2)3-9(7)14-12-13(21)10(5-19)15(22)25-16(12)26-17(24-14)23-6-20/h3-4,14H,1-2H3,(H6,21,22,23,24,25,26). The Morgan fingerprint density at radius 2 is 1.96 bits per heavy atom. The van der Waals surface area contributed by atoms with Gasteiger partial charge in [-0.1, -0.05) is 17.7 Å². The smallest absolute Gasteiger partial charge is 0.211 e. The van der Waals surface area contributed by atoms with Crippen LogP contribution in [0.2, 0.25) is 5.02 Å². The molecule has 0 radical (unpaired) electrons. The number of anilines is 3. The Hall–Kier alpha value is -3.49. The Kier molecular flexibility index (Phi) is 4.29. The summed E-state index contributed by atoms with van der Waals surface area (Å²) in [5.74, 6) is 0.578. The van der Waals surface area contributed by atoms with Gasteiger partial charge in [-0.05, 0) is 36.6 Å². The van der Waals surface area contributed by atoms with Gasteiger partial charge in [0, 0.05) is 10.6 Å². The summed E-state index contributed by atoms with van der Waals surface area (Å²) in [5.41, 5.74) is 15.5. The Balaban J connectivity index is 2.30. The van der Waals surface area contributed by atoms with E-state index in [0.29, 0.717) is 16.4 Å². The van der Waals surface area contributed by atoms with Crippen molar-refractivity contribution >= 4 is 34.9 Å². The van der Waals surface area contributed by atoms with E-state index in [1.54, 1.807) is 0 Å². The van der Waals surface area contributed by atoms with Crippen LogP contribution in [0.4, 0.5) is 17.3 Å². The minimum Gasteiger partial charge on any atom is -0.397 e. The number of aliphatic imine (C=N–C) groups is 1. The van der Waals surface area contributed by atoms with Crippen LogP contribution in [0.25, 0.3) is 0 Å². The van der Waals surface area contributed by atoms with Crippen LogP contribution >= 0.6 is 11.6 Å². The van der Waals surface area contributed by atoms with E-state index < -0.39 is 6.04 Å². The Morgan fingerprint density at radius 1 is 1.23 bits per heavy atom. The number of hydrogen-bond acceptors (Lipinski definition) is 8. The second kappa shape index (κ2) is 6.43. The van der Waals surface area contributed by atoms with Crippen LogP contribution in [0.15, 0.2) is 17.1 Å². The maximum Gasteiger partial charge on any atom is 0.211 e. The fraction of sp³-hybridized carbons (Fsp3) is 0.176. The number of hydrogen-bond donors (Lipinski definition) is 4. The molecule has 6 N–H and O–H groups in total. The summed E-state index contributed by atoms with van der Waals surface area (Å²) in [4.78, 5) is 8.77. The topological polar surface area (TPSA) is 149 Å². The number of guanidine groups is 1. The predicted octanol–water partition coefficient (Wildman–Crippen LogP) is 2.33. The van der Waals surface area contributed by atoms with Crippen molar-refractivity contribution in [2.24, 2.45) is 4.99 Å². The third-order valence-corrected chi connectivity index (χ3v) is 4.61. The van der Waals surface area contributed by atoms with Gasteiger partial charge in [0.25, 0.3) is 0 Å². The second-order valence-electron chi connectivity index (χ2n) is 5.86. The number of aryl methyl sites for hydroxylation is 2. The highest BCUT2D eigenvalue weighted by Gasteiger charge is 2.30. The van der Waals surface area contributed by atoms with Gasteiger partial charge < -0.3 is 16.8 Å². The molecule has 26 heavy (non-hydrogen) atoms. The summed E-state index contributed by atoms with van der Waals surface area (Å²) in [7, 11) is 0. The van der Waals surface area contributed by atoms with Crippen LogP contribution in [-0.4, -0.2) is 10.9 Å². The summed E-state index contributed by atoms with van der Waals surface area (Å²) in [6.45, 7) is 3.79. The molecule has 0 amide bonds. The highest BCUT2D eigenvalue weighted by atomic mass is 35.5. The van der Waals surface area contributed by atoms with Crippen LogP contribution in [0.5, 0.6) is 0 Å². The van der Waals surface area contributed by atoms with Crippen molar-refractivity contribution in [1.29, 1.82) is 10.5 Å². The lowest BCUT2D eigenvalue weighted by Gasteiger charge is -2.27. The number of benzene rings is 1. The third-order valence-electron chi connectivity index (χ3n) is 4.20. The molecular formula is C17H15ClN8. The first-order chi connectivity index (χ1) is 12.4. The lowest BCUT2D eigenvalue weighted by Crippen LogP contribution is -2.33. The van der Waals surface area contributed by atoms with Crippen molar-refractivity contribution < 1.29 is 0 Å². The largest absolute Gasteiger partial charge is 0.397 e. The molecule has 130 valence electrons. The molecule has 1 aliphatic heterocycles. The lowest BCUT2D eigenvalue weighted by atomic mass is 9.91. The van der Waals surface area contributed by atoms with Crippen LogP contribution in [-0.2, 0) is 0 Å². The first kappa shape index (κ1) is 17.3. The number of rotatable bonds is 1. The van der Waals surface area contributed by atoms with E-state index in [0.717, 1.165) is 16.7 Å². The fourth-order valence-electron chi connectivity index (χ4n) is 2.90. The van der Waals surface area contributed by atoms with E-state index in [1.165, 1.54) is 0 Å². The zero-order chi connectivity index (χ0) is 19.0. The van der Waals surface area contributed by atoms with Crippen molar-refractivity contribution in [2.75, 3.05) is 16.8 Å². The van der Waals surface area contributed by atoms with Gasteiger partial charge in [0.2, 0.25) is 5.96 Å². The number of nitrogens with one attached hydrogen (secondary N) is 2. The van der Waals surface area contributed by atoms with Gasteiger partial charge in [-0.15, -0.1) is 0 Å². The molecule has 0 bridgehead atoms. The summed E-state index contributed by atoms with van der Waals surface area (Å²) >= 11 is 6.20. The fourth-order valence-corrected chi connectivity index (χ4v) is 3.12. The summed E-state index contributed by atoms with van der Waals surface area (Å²) in [5, 5.41) is 24.3. The molecule has 0 saturated heterocycles. The quantitative estimate of drug-likeness (QED) is 0.446. The van der Waals surface area contributed by atoms with Crippen molar-refractivity contribution in [3.63, 3.8) is 0 Å². The molecule has 8 nitrogen and oxygen atoms in total. The Labute approximate surface area is 155 Å². The molecule has 1 aromatic carbocycles. The summed E-state index contributed by atoms with van der Waals surface area (Å²) in [6.07, 6.45) is 1.82. The average Bonchev–Trinajstić information content (AvgIpc) is 2.58. The SMILES string of the molecule is Cc1cc(C2N=C(NC#N)Nc3nc(N)c(C#N)c(N)c32)c(C)cc1Cl. The van der Waals surface area contributed by atoms with Crippen molar-refractivity contribution in [1.82, 2.24) is 10.3 Å². The molecule has 2 aromatic rings. The molecule has 9 heteroatoms. The zero-order valence-electron chi connectivity index (χ0n) is 14.1. The third kappa shape index (κ3) is 2.73. The van der Waals surface area contributed by atoms with Gasteiger partial charge in [0.15, 0.2) is 6.19 Å². The van der Waals surface area contributed by atoms with Crippen LogP contribution in [0.1, 0.15) is 33.9 Å². The molecule has 1 unspecified atom stereocenters. The molecule has 0 fully saturated rings.